The topological polar surface area (TPSA) is 62.1 Å². The van der Waals surface area contributed by atoms with E-state index in [0.717, 1.165) is 11.1 Å². The third-order valence-electron chi connectivity index (χ3n) is 3.04. The van der Waals surface area contributed by atoms with E-state index in [1.54, 1.807) is 37.4 Å². The van der Waals surface area contributed by atoms with Crippen molar-refractivity contribution >= 4 is 5.91 Å². The first-order valence-corrected chi connectivity index (χ1v) is 6.58. The number of methoxy groups -OCH3 is 1. The van der Waals surface area contributed by atoms with Crippen molar-refractivity contribution in [1.29, 1.82) is 5.26 Å². The van der Waals surface area contributed by atoms with Crippen LogP contribution in [0.25, 0.3) is 0 Å². The van der Waals surface area contributed by atoms with Crippen LogP contribution in [0.1, 0.15) is 27.0 Å². The Kier molecular flexibility index (Phi) is 5.08. The summed E-state index contributed by atoms with van der Waals surface area (Å²) < 4.78 is 5.03. The lowest BCUT2D eigenvalue weighted by Gasteiger charge is -2.06. The fourth-order valence-electron chi connectivity index (χ4n) is 1.95. The largest absolute Gasteiger partial charge is 0.380 e. The molecule has 2 aromatic rings. The zero-order valence-corrected chi connectivity index (χ0v) is 11.8. The molecule has 0 fully saturated rings. The van der Waals surface area contributed by atoms with Gasteiger partial charge in [-0.1, -0.05) is 24.3 Å². The monoisotopic (exact) mass is 280 g/mol. The number of hydrogen-bond acceptors (Lipinski definition) is 3. The Hall–Kier alpha value is -2.64. The van der Waals surface area contributed by atoms with E-state index in [2.05, 4.69) is 11.4 Å². The van der Waals surface area contributed by atoms with E-state index in [1.807, 2.05) is 18.2 Å². The minimum atomic E-state index is -0.138. The highest BCUT2D eigenvalue weighted by molar-refractivity contribution is 5.94. The number of carbonyl (C=O) groups excluding carboxylic acids is 1. The van der Waals surface area contributed by atoms with Gasteiger partial charge >= 0.3 is 0 Å². The van der Waals surface area contributed by atoms with Crippen molar-refractivity contribution in [1.82, 2.24) is 5.32 Å². The number of amides is 1. The summed E-state index contributed by atoms with van der Waals surface area (Å²) in [6.45, 7) is 0.928. The van der Waals surface area contributed by atoms with Gasteiger partial charge in [0, 0.05) is 19.2 Å². The molecule has 4 heteroatoms. The second-order valence-corrected chi connectivity index (χ2v) is 4.62. The van der Waals surface area contributed by atoms with Gasteiger partial charge in [0.15, 0.2) is 0 Å². The van der Waals surface area contributed by atoms with Crippen molar-refractivity contribution in [2.75, 3.05) is 7.11 Å². The lowest BCUT2D eigenvalue weighted by atomic mass is 10.1. The maximum atomic E-state index is 12.0. The van der Waals surface area contributed by atoms with Crippen LogP contribution in [0.2, 0.25) is 0 Å². The van der Waals surface area contributed by atoms with Gasteiger partial charge in [0.05, 0.1) is 18.2 Å². The van der Waals surface area contributed by atoms with Gasteiger partial charge < -0.3 is 10.1 Å². The number of carbonyl (C=O) groups is 1. The van der Waals surface area contributed by atoms with E-state index in [-0.39, 0.29) is 5.91 Å². The first kappa shape index (κ1) is 14.8. The molecule has 1 amide bonds. The van der Waals surface area contributed by atoms with E-state index in [4.69, 9.17) is 10.00 Å². The zero-order chi connectivity index (χ0) is 15.1. The van der Waals surface area contributed by atoms with Crippen LogP contribution in [0.4, 0.5) is 0 Å². The second-order valence-electron chi connectivity index (χ2n) is 4.62. The summed E-state index contributed by atoms with van der Waals surface area (Å²) in [6.07, 6.45) is 0. The highest BCUT2D eigenvalue weighted by Gasteiger charge is 2.05. The molecular formula is C17H16N2O2. The summed E-state index contributed by atoms with van der Waals surface area (Å²) >= 11 is 0. The summed E-state index contributed by atoms with van der Waals surface area (Å²) in [4.78, 5) is 12.0. The molecule has 21 heavy (non-hydrogen) atoms. The zero-order valence-electron chi connectivity index (χ0n) is 11.8. The Bertz CT molecular complexity index is 657. The van der Waals surface area contributed by atoms with Crippen LogP contribution in [-0.4, -0.2) is 13.0 Å². The first-order valence-electron chi connectivity index (χ1n) is 6.58. The molecule has 0 aromatic heterocycles. The molecule has 0 spiro atoms. The number of rotatable bonds is 5. The third kappa shape index (κ3) is 4.16. The maximum absolute atomic E-state index is 12.0. The molecule has 0 radical (unpaired) electrons. The summed E-state index contributed by atoms with van der Waals surface area (Å²) in [7, 11) is 1.63. The van der Waals surface area contributed by atoms with Crippen molar-refractivity contribution < 1.29 is 9.53 Å². The molecule has 2 rings (SSSR count). The minimum absolute atomic E-state index is 0.138. The highest BCUT2D eigenvalue weighted by atomic mass is 16.5. The summed E-state index contributed by atoms with van der Waals surface area (Å²) in [5.74, 6) is -0.138. The van der Waals surface area contributed by atoms with Crippen LogP contribution in [0.15, 0.2) is 48.5 Å². The van der Waals surface area contributed by atoms with Crippen LogP contribution in [0.3, 0.4) is 0 Å². The summed E-state index contributed by atoms with van der Waals surface area (Å²) in [5, 5.41) is 11.7. The predicted molar refractivity (Wildman–Crippen MR) is 79.5 cm³/mol. The fourth-order valence-corrected chi connectivity index (χ4v) is 1.95. The maximum Gasteiger partial charge on any atom is 0.251 e. The van der Waals surface area contributed by atoms with E-state index < -0.39 is 0 Å². The number of nitrogens with zero attached hydrogens (tertiary/aromatic N) is 1. The molecule has 2 aromatic carbocycles. The van der Waals surface area contributed by atoms with Gasteiger partial charge in [0.2, 0.25) is 0 Å². The standard InChI is InChI=1S/C17H16N2O2/c1-21-12-13-5-7-16(8-6-13)17(20)19-11-15-4-2-3-14(9-15)10-18/h2-9H,11-12H2,1H3,(H,19,20). The van der Waals surface area contributed by atoms with E-state index in [9.17, 15) is 4.79 Å². The molecule has 0 atom stereocenters. The van der Waals surface area contributed by atoms with Crippen molar-refractivity contribution in [3.05, 3.63) is 70.8 Å². The molecule has 0 aliphatic carbocycles. The summed E-state index contributed by atoms with van der Waals surface area (Å²) in [6, 6.07) is 16.6. The molecule has 106 valence electrons. The number of nitrogens with one attached hydrogen (secondary N) is 1. The van der Waals surface area contributed by atoms with Crippen LogP contribution < -0.4 is 5.32 Å². The third-order valence-corrected chi connectivity index (χ3v) is 3.04. The average Bonchev–Trinajstić information content (AvgIpc) is 2.54. The molecule has 0 saturated carbocycles. The molecule has 4 nitrogen and oxygen atoms in total. The fraction of sp³-hybridized carbons (Fsp3) is 0.176. The van der Waals surface area contributed by atoms with Crippen molar-refractivity contribution in [2.45, 2.75) is 13.2 Å². The minimum Gasteiger partial charge on any atom is -0.380 e. The highest BCUT2D eigenvalue weighted by Crippen LogP contribution is 2.07. The molecular weight excluding hydrogens is 264 g/mol. The van der Waals surface area contributed by atoms with Gasteiger partial charge in [-0.05, 0) is 35.4 Å². The Morgan fingerprint density at radius 3 is 2.62 bits per heavy atom. The van der Waals surface area contributed by atoms with Crippen LogP contribution in [0.5, 0.6) is 0 Å². The second kappa shape index (κ2) is 7.22. The number of hydrogen-bond donors (Lipinski definition) is 1. The normalized spacial score (nSPS) is 9.90. The van der Waals surface area contributed by atoms with Gasteiger partial charge in [-0.2, -0.15) is 5.26 Å². The Morgan fingerprint density at radius 2 is 1.95 bits per heavy atom. The summed E-state index contributed by atoms with van der Waals surface area (Å²) in [5.41, 5.74) is 3.12. The van der Waals surface area contributed by atoms with Crippen molar-refractivity contribution in [2.24, 2.45) is 0 Å². The van der Waals surface area contributed by atoms with Gasteiger partial charge in [-0.3, -0.25) is 4.79 Å². The Balaban J connectivity index is 1.96. The van der Waals surface area contributed by atoms with Crippen LogP contribution in [-0.2, 0) is 17.9 Å². The van der Waals surface area contributed by atoms with Crippen LogP contribution in [0, 0.1) is 11.3 Å². The lowest BCUT2D eigenvalue weighted by molar-refractivity contribution is 0.0951. The average molecular weight is 280 g/mol. The number of ether oxygens (including phenoxy) is 1. The first-order chi connectivity index (χ1) is 10.2. The van der Waals surface area contributed by atoms with E-state index in [0.29, 0.717) is 24.3 Å². The smallest absolute Gasteiger partial charge is 0.251 e. The van der Waals surface area contributed by atoms with Crippen LogP contribution >= 0.6 is 0 Å². The SMILES string of the molecule is COCc1ccc(C(=O)NCc2cccc(C#N)c2)cc1. The quantitative estimate of drug-likeness (QED) is 0.915. The van der Waals surface area contributed by atoms with Gasteiger partial charge in [-0.25, -0.2) is 0 Å². The Morgan fingerprint density at radius 1 is 1.19 bits per heavy atom. The molecule has 0 aliphatic rings. The van der Waals surface area contributed by atoms with Gasteiger partial charge in [-0.15, -0.1) is 0 Å². The van der Waals surface area contributed by atoms with Gasteiger partial charge in [0.25, 0.3) is 5.91 Å². The van der Waals surface area contributed by atoms with Crippen molar-refractivity contribution in [3.8, 4) is 6.07 Å². The molecule has 0 aliphatic heterocycles. The molecule has 0 saturated heterocycles. The van der Waals surface area contributed by atoms with E-state index >= 15 is 0 Å². The molecule has 0 bridgehead atoms. The molecule has 0 unspecified atom stereocenters. The number of nitriles is 1. The molecule has 0 heterocycles. The Labute approximate surface area is 124 Å². The lowest BCUT2D eigenvalue weighted by Crippen LogP contribution is -2.22. The van der Waals surface area contributed by atoms with E-state index in [1.165, 1.54) is 0 Å². The van der Waals surface area contributed by atoms with Gasteiger partial charge in [0.1, 0.15) is 0 Å². The van der Waals surface area contributed by atoms with Crippen molar-refractivity contribution in [3.63, 3.8) is 0 Å². The molecule has 1 N–H and O–H groups in total. The number of benzene rings is 2. The predicted octanol–water partition coefficient (Wildman–Crippen LogP) is 2.63.